The lowest BCUT2D eigenvalue weighted by atomic mass is 10.0. The normalized spacial score (nSPS) is 17.8. The highest BCUT2D eigenvalue weighted by molar-refractivity contribution is 5.96. The van der Waals surface area contributed by atoms with Crippen molar-refractivity contribution in [2.45, 2.75) is 32.7 Å². The molecule has 0 saturated carbocycles. The second kappa shape index (κ2) is 6.40. The largest absolute Gasteiger partial charge is 0.339 e. The molecule has 0 aromatic heterocycles. The van der Waals surface area contributed by atoms with Gasteiger partial charge in [0.05, 0.1) is 0 Å². The Bertz CT molecular complexity index is 343. The molecule has 0 aromatic rings. The van der Waals surface area contributed by atoms with E-state index in [0.29, 0.717) is 5.57 Å². The molecule has 1 saturated heterocycles. The molecule has 0 bridgehead atoms. The Hall–Kier alpha value is -1.35. The van der Waals surface area contributed by atoms with E-state index in [2.05, 4.69) is 6.58 Å². The zero-order chi connectivity index (χ0) is 12.8. The topological polar surface area (TPSA) is 46.3 Å². The molecule has 2 N–H and O–H groups in total. The summed E-state index contributed by atoms with van der Waals surface area (Å²) in [6, 6.07) is 0.245. The molecule has 1 aliphatic rings. The smallest absolute Gasteiger partial charge is 0.253 e. The van der Waals surface area contributed by atoms with Gasteiger partial charge in [-0.3, -0.25) is 4.79 Å². The highest BCUT2D eigenvalue weighted by Crippen LogP contribution is 2.13. The highest BCUT2D eigenvalue weighted by Gasteiger charge is 2.21. The van der Waals surface area contributed by atoms with Crippen molar-refractivity contribution in [2.75, 3.05) is 13.1 Å². The van der Waals surface area contributed by atoms with Crippen LogP contribution in [0, 0.1) is 0 Å². The molecule has 0 radical (unpaired) electrons. The number of nitrogens with two attached hydrogens (primary N) is 1. The van der Waals surface area contributed by atoms with Crippen LogP contribution in [0.4, 0.5) is 0 Å². The Morgan fingerprint density at radius 1 is 1.35 bits per heavy atom. The van der Waals surface area contributed by atoms with Gasteiger partial charge in [0.1, 0.15) is 0 Å². The first-order chi connectivity index (χ1) is 8.04. The van der Waals surface area contributed by atoms with Crippen molar-refractivity contribution < 1.29 is 4.79 Å². The Morgan fingerprint density at radius 2 is 1.94 bits per heavy atom. The standard InChI is InChI=1S/C14H22N2O/c1-4-5-12(10-11(2)3)14(17)16-8-6-13(15)7-9-16/h4-5,10,13H,1,6-9,15H2,2-3H3/b12-5+. The van der Waals surface area contributed by atoms with Crippen molar-refractivity contribution in [3.05, 3.63) is 36.0 Å². The average Bonchev–Trinajstić information content (AvgIpc) is 2.28. The lowest BCUT2D eigenvalue weighted by Gasteiger charge is -2.30. The second-order valence-corrected chi connectivity index (χ2v) is 4.71. The zero-order valence-corrected chi connectivity index (χ0v) is 10.8. The number of nitrogens with zero attached hydrogens (tertiary/aromatic N) is 1. The molecule has 3 nitrogen and oxygen atoms in total. The molecule has 1 fully saturated rings. The number of amides is 1. The predicted molar refractivity (Wildman–Crippen MR) is 71.5 cm³/mol. The molecule has 1 heterocycles. The Labute approximate surface area is 104 Å². The van der Waals surface area contributed by atoms with E-state index in [4.69, 9.17) is 5.73 Å². The fourth-order valence-electron chi connectivity index (χ4n) is 1.90. The van der Waals surface area contributed by atoms with Gasteiger partial charge in [0.2, 0.25) is 0 Å². The van der Waals surface area contributed by atoms with Gasteiger partial charge in [-0.1, -0.05) is 30.4 Å². The Morgan fingerprint density at radius 3 is 2.41 bits per heavy atom. The van der Waals surface area contributed by atoms with Gasteiger partial charge in [0.25, 0.3) is 5.91 Å². The predicted octanol–water partition coefficient (Wildman–Crippen LogP) is 2.01. The second-order valence-electron chi connectivity index (χ2n) is 4.71. The first-order valence-electron chi connectivity index (χ1n) is 6.07. The van der Waals surface area contributed by atoms with Gasteiger partial charge >= 0.3 is 0 Å². The first-order valence-corrected chi connectivity index (χ1v) is 6.07. The molecule has 0 unspecified atom stereocenters. The fourth-order valence-corrected chi connectivity index (χ4v) is 1.90. The molecule has 94 valence electrons. The number of hydrogen-bond acceptors (Lipinski definition) is 2. The number of carbonyl (C=O) groups is 1. The molecule has 0 spiro atoms. The maximum absolute atomic E-state index is 12.3. The van der Waals surface area contributed by atoms with Gasteiger partial charge in [-0.05, 0) is 26.7 Å². The lowest BCUT2D eigenvalue weighted by Crippen LogP contribution is -2.43. The van der Waals surface area contributed by atoms with Gasteiger partial charge in [0.15, 0.2) is 0 Å². The molecule has 1 amide bonds. The van der Waals surface area contributed by atoms with Crippen LogP contribution in [0.3, 0.4) is 0 Å². The number of likely N-dealkylation sites (tertiary alicyclic amines) is 1. The molecule has 17 heavy (non-hydrogen) atoms. The van der Waals surface area contributed by atoms with Crippen molar-refractivity contribution in [2.24, 2.45) is 5.73 Å². The summed E-state index contributed by atoms with van der Waals surface area (Å²) in [5, 5.41) is 0. The molecule has 0 aliphatic carbocycles. The molecule has 0 aromatic carbocycles. The van der Waals surface area contributed by atoms with Crippen LogP contribution in [-0.2, 0) is 4.79 Å². The van der Waals surface area contributed by atoms with Crippen molar-refractivity contribution in [1.29, 1.82) is 0 Å². The van der Waals surface area contributed by atoms with E-state index in [1.165, 1.54) is 0 Å². The molecule has 1 aliphatic heterocycles. The maximum Gasteiger partial charge on any atom is 0.253 e. The van der Waals surface area contributed by atoms with E-state index in [1.807, 2.05) is 24.8 Å². The SMILES string of the molecule is C=C/C=C(\C=C(C)C)C(=O)N1CCC(N)CC1. The van der Waals surface area contributed by atoms with Gasteiger partial charge in [-0.15, -0.1) is 0 Å². The van der Waals surface area contributed by atoms with E-state index < -0.39 is 0 Å². The summed E-state index contributed by atoms with van der Waals surface area (Å²) >= 11 is 0. The minimum Gasteiger partial charge on any atom is -0.339 e. The molecule has 3 heteroatoms. The van der Waals surface area contributed by atoms with Crippen molar-refractivity contribution in [3.8, 4) is 0 Å². The number of allylic oxidation sites excluding steroid dienone is 3. The number of carbonyl (C=O) groups excluding carboxylic acids is 1. The molecule has 1 rings (SSSR count). The van der Waals surface area contributed by atoms with Gasteiger partial charge in [0, 0.05) is 24.7 Å². The summed E-state index contributed by atoms with van der Waals surface area (Å²) in [7, 11) is 0. The summed E-state index contributed by atoms with van der Waals surface area (Å²) in [6.07, 6.45) is 7.11. The number of hydrogen-bond donors (Lipinski definition) is 1. The summed E-state index contributed by atoms with van der Waals surface area (Å²) < 4.78 is 0. The van der Waals surface area contributed by atoms with Crippen LogP contribution in [-0.4, -0.2) is 29.9 Å². The summed E-state index contributed by atoms with van der Waals surface area (Å²) in [6.45, 7) is 9.13. The van der Waals surface area contributed by atoms with Crippen LogP contribution in [0.1, 0.15) is 26.7 Å². The summed E-state index contributed by atoms with van der Waals surface area (Å²) in [5.74, 6) is 0.0815. The minimum absolute atomic E-state index is 0.0815. The zero-order valence-electron chi connectivity index (χ0n) is 10.8. The summed E-state index contributed by atoms with van der Waals surface area (Å²) in [4.78, 5) is 14.1. The number of piperidine rings is 1. The average molecular weight is 234 g/mol. The van der Waals surface area contributed by atoms with Crippen molar-refractivity contribution >= 4 is 5.91 Å². The van der Waals surface area contributed by atoms with E-state index in [0.717, 1.165) is 31.5 Å². The van der Waals surface area contributed by atoms with Crippen LogP contribution in [0.2, 0.25) is 0 Å². The van der Waals surface area contributed by atoms with Crippen molar-refractivity contribution in [1.82, 2.24) is 4.90 Å². The fraction of sp³-hybridized carbons (Fsp3) is 0.500. The number of rotatable bonds is 3. The Kier molecular flexibility index (Phi) is 5.16. The van der Waals surface area contributed by atoms with Gasteiger partial charge in [-0.2, -0.15) is 0 Å². The quantitative estimate of drug-likeness (QED) is 0.600. The van der Waals surface area contributed by atoms with Gasteiger partial charge < -0.3 is 10.6 Å². The van der Waals surface area contributed by atoms with E-state index in [9.17, 15) is 4.79 Å². The van der Waals surface area contributed by atoms with Crippen LogP contribution >= 0.6 is 0 Å². The molecular formula is C14H22N2O. The minimum atomic E-state index is 0.0815. The monoisotopic (exact) mass is 234 g/mol. The summed E-state index contributed by atoms with van der Waals surface area (Å²) in [5.41, 5.74) is 7.65. The first kappa shape index (κ1) is 13.7. The molecule has 0 atom stereocenters. The third kappa shape index (κ3) is 4.19. The van der Waals surface area contributed by atoms with Crippen LogP contribution in [0.25, 0.3) is 0 Å². The van der Waals surface area contributed by atoms with Crippen LogP contribution in [0.15, 0.2) is 36.0 Å². The molecular weight excluding hydrogens is 212 g/mol. The Balaban J connectivity index is 2.75. The van der Waals surface area contributed by atoms with Crippen LogP contribution in [0.5, 0.6) is 0 Å². The van der Waals surface area contributed by atoms with Gasteiger partial charge in [-0.25, -0.2) is 0 Å². The van der Waals surface area contributed by atoms with E-state index >= 15 is 0 Å². The van der Waals surface area contributed by atoms with E-state index in [-0.39, 0.29) is 11.9 Å². The maximum atomic E-state index is 12.3. The van der Waals surface area contributed by atoms with Crippen LogP contribution < -0.4 is 5.73 Å². The lowest BCUT2D eigenvalue weighted by molar-refractivity contribution is -0.127. The third-order valence-electron chi connectivity index (χ3n) is 2.82. The van der Waals surface area contributed by atoms with E-state index in [1.54, 1.807) is 12.2 Å². The van der Waals surface area contributed by atoms with Crippen molar-refractivity contribution in [3.63, 3.8) is 0 Å². The highest BCUT2D eigenvalue weighted by atomic mass is 16.2. The third-order valence-corrected chi connectivity index (χ3v) is 2.82.